The minimum atomic E-state index is -4.11. The maximum atomic E-state index is 13.5. The number of carbonyl (C=O) groups is 1. The number of hydrogen-bond acceptors (Lipinski definition) is 3. The summed E-state index contributed by atoms with van der Waals surface area (Å²) >= 11 is 3.01. The van der Waals surface area contributed by atoms with Crippen molar-refractivity contribution in [3.05, 3.63) is 28.0 Å². The summed E-state index contributed by atoms with van der Waals surface area (Å²) < 4.78 is 36.2. The molecule has 0 unspecified atom stereocenters. The Balaban J connectivity index is 2.36. The summed E-state index contributed by atoms with van der Waals surface area (Å²) in [5.74, 6) is -1.33. The van der Waals surface area contributed by atoms with Crippen LogP contribution in [0.15, 0.2) is 21.5 Å². The van der Waals surface area contributed by atoms with Gasteiger partial charge in [-0.05, 0) is 40.9 Å². The largest absolute Gasteiger partial charge is 0.349 e. The summed E-state index contributed by atoms with van der Waals surface area (Å²) in [5, 5.41) is 7.77. The second-order valence-corrected chi connectivity index (χ2v) is 7.09. The van der Waals surface area contributed by atoms with Gasteiger partial charge in [0, 0.05) is 6.04 Å². The average Bonchev–Trinajstić information content (AvgIpc) is 2.83. The molecule has 1 aromatic carbocycles. The molecule has 0 atom stereocenters. The zero-order valence-electron chi connectivity index (χ0n) is 10.5. The third kappa shape index (κ3) is 3.36. The van der Waals surface area contributed by atoms with E-state index in [-0.39, 0.29) is 16.1 Å². The van der Waals surface area contributed by atoms with E-state index in [9.17, 15) is 17.6 Å². The molecular weight excluding hydrogens is 351 g/mol. The monoisotopic (exact) mass is 364 g/mol. The van der Waals surface area contributed by atoms with Crippen LogP contribution in [0.4, 0.5) is 4.39 Å². The molecule has 1 fully saturated rings. The minimum absolute atomic E-state index is 0.0168. The van der Waals surface area contributed by atoms with Crippen molar-refractivity contribution >= 4 is 31.9 Å². The van der Waals surface area contributed by atoms with E-state index in [2.05, 4.69) is 21.2 Å². The van der Waals surface area contributed by atoms with Gasteiger partial charge in [-0.15, -0.1) is 0 Å². The van der Waals surface area contributed by atoms with E-state index in [0.29, 0.717) is 0 Å². The molecule has 2 rings (SSSR count). The second-order valence-electron chi connectivity index (χ2n) is 4.77. The molecule has 8 heteroatoms. The predicted molar refractivity (Wildman–Crippen MR) is 75.2 cm³/mol. The first-order chi connectivity index (χ1) is 9.29. The Bertz CT molecular complexity index is 642. The molecule has 5 nitrogen and oxygen atoms in total. The Morgan fingerprint density at radius 2 is 1.95 bits per heavy atom. The second kappa shape index (κ2) is 5.79. The van der Waals surface area contributed by atoms with E-state index in [1.165, 1.54) is 0 Å². The van der Waals surface area contributed by atoms with E-state index in [4.69, 9.17) is 5.14 Å². The highest BCUT2D eigenvalue weighted by Gasteiger charge is 2.24. The minimum Gasteiger partial charge on any atom is -0.349 e. The summed E-state index contributed by atoms with van der Waals surface area (Å²) in [7, 11) is -4.11. The van der Waals surface area contributed by atoms with Crippen LogP contribution in [0.25, 0.3) is 0 Å². The fourth-order valence-electron chi connectivity index (χ4n) is 2.27. The topological polar surface area (TPSA) is 89.3 Å². The van der Waals surface area contributed by atoms with Gasteiger partial charge < -0.3 is 5.32 Å². The van der Waals surface area contributed by atoms with Gasteiger partial charge in [0.25, 0.3) is 5.91 Å². The van der Waals surface area contributed by atoms with Crippen LogP contribution in [0.1, 0.15) is 36.0 Å². The summed E-state index contributed by atoms with van der Waals surface area (Å²) in [6.07, 6.45) is 3.83. The van der Waals surface area contributed by atoms with E-state index in [1.54, 1.807) is 0 Å². The third-order valence-electron chi connectivity index (χ3n) is 3.25. The number of rotatable bonds is 3. The van der Waals surface area contributed by atoms with Gasteiger partial charge >= 0.3 is 0 Å². The predicted octanol–water partition coefficient (Wildman–Crippen LogP) is 1.91. The Morgan fingerprint density at radius 3 is 2.50 bits per heavy atom. The van der Waals surface area contributed by atoms with Crippen LogP contribution in [0.3, 0.4) is 0 Å². The van der Waals surface area contributed by atoms with Crippen molar-refractivity contribution in [2.75, 3.05) is 0 Å². The van der Waals surface area contributed by atoms with Crippen LogP contribution in [-0.2, 0) is 10.0 Å². The van der Waals surface area contributed by atoms with E-state index >= 15 is 0 Å². The van der Waals surface area contributed by atoms with Crippen LogP contribution in [0, 0.1) is 5.82 Å². The molecule has 0 bridgehead atoms. The molecule has 0 radical (unpaired) electrons. The van der Waals surface area contributed by atoms with E-state index in [0.717, 1.165) is 37.8 Å². The fourth-order valence-corrected chi connectivity index (χ4v) is 3.99. The third-order valence-corrected chi connectivity index (χ3v) is 5.30. The first kappa shape index (κ1) is 15.4. The summed E-state index contributed by atoms with van der Waals surface area (Å²) in [4.78, 5) is 11.7. The Hall–Kier alpha value is -0.990. The first-order valence-corrected chi connectivity index (χ1v) is 8.45. The highest BCUT2D eigenvalue weighted by atomic mass is 79.9. The molecule has 0 aliphatic heterocycles. The lowest BCUT2D eigenvalue weighted by atomic mass is 10.1. The van der Waals surface area contributed by atoms with Crippen molar-refractivity contribution in [1.82, 2.24) is 5.32 Å². The molecule has 3 N–H and O–H groups in total. The highest BCUT2D eigenvalue weighted by Crippen LogP contribution is 2.27. The van der Waals surface area contributed by atoms with Gasteiger partial charge in [-0.2, -0.15) is 0 Å². The number of nitrogens with two attached hydrogens (primary N) is 1. The number of benzene rings is 1. The zero-order valence-corrected chi connectivity index (χ0v) is 12.9. The number of nitrogens with one attached hydrogen (secondary N) is 1. The van der Waals surface area contributed by atoms with Crippen LogP contribution in [0.5, 0.6) is 0 Å². The maximum Gasteiger partial charge on any atom is 0.252 e. The van der Waals surface area contributed by atoms with Crippen LogP contribution in [0.2, 0.25) is 0 Å². The van der Waals surface area contributed by atoms with Gasteiger partial charge in [0.05, 0.1) is 14.9 Å². The molecule has 1 aliphatic rings. The lowest BCUT2D eigenvalue weighted by Gasteiger charge is -2.14. The highest BCUT2D eigenvalue weighted by molar-refractivity contribution is 9.10. The van der Waals surface area contributed by atoms with Gasteiger partial charge in [-0.3, -0.25) is 4.79 Å². The van der Waals surface area contributed by atoms with E-state index in [1.807, 2.05) is 0 Å². The molecular formula is C12H14BrFN2O3S. The van der Waals surface area contributed by atoms with Crippen molar-refractivity contribution < 1.29 is 17.6 Å². The lowest BCUT2D eigenvalue weighted by molar-refractivity contribution is 0.0936. The Kier molecular flexibility index (Phi) is 4.46. The van der Waals surface area contributed by atoms with Crippen LogP contribution in [-0.4, -0.2) is 20.4 Å². The number of amides is 1. The summed E-state index contributed by atoms with van der Waals surface area (Å²) in [6.45, 7) is 0. The molecule has 1 saturated carbocycles. The van der Waals surface area contributed by atoms with Gasteiger partial charge in [-0.1, -0.05) is 12.8 Å². The molecule has 1 amide bonds. The molecule has 110 valence electrons. The molecule has 1 aliphatic carbocycles. The summed E-state index contributed by atoms with van der Waals surface area (Å²) in [6, 6.07) is 1.82. The zero-order chi connectivity index (χ0) is 14.9. The Morgan fingerprint density at radius 1 is 1.35 bits per heavy atom. The van der Waals surface area contributed by atoms with Gasteiger partial charge in [0.2, 0.25) is 10.0 Å². The lowest BCUT2D eigenvalue weighted by Crippen LogP contribution is -2.33. The fraction of sp³-hybridized carbons (Fsp3) is 0.417. The van der Waals surface area contributed by atoms with E-state index < -0.39 is 26.6 Å². The van der Waals surface area contributed by atoms with Crippen molar-refractivity contribution in [3.63, 3.8) is 0 Å². The van der Waals surface area contributed by atoms with Gasteiger partial charge in [0.1, 0.15) is 5.82 Å². The SMILES string of the molecule is NS(=O)(=O)c1cc(F)cc(C(=O)NC2CCCC2)c1Br. The molecule has 1 aromatic rings. The molecule has 0 aromatic heterocycles. The van der Waals surface area contributed by atoms with Crippen LogP contribution >= 0.6 is 15.9 Å². The Labute approximate surface area is 124 Å². The van der Waals surface area contributed by atoms with Crippen molar-refractivity contribution in [3.8, 4) is 0 Å². The van der Waals surface area contributed by atoms with Crippen LogP contribution < -0.4 is 10.5 Å². The average molecular weight is 365 g/mol. The molecule has 0 spiro atoms. The van der Waals surface area contributed by atoms with Gasteiger partial charge in [-0.25, -0.2) is 17.9 Å². The summed E-state index contributed by atoms with van der Waals surface area (Å²) in [5.41, 5.74) is -0.0686. The molecule has 20 heavy (non-hydrogen) atoms. The van der Waals surface area contributed by atoms with Crippen molar-refractivity contribution in [2.24, 2.45) is 5.14 Å². The smallest absolute Gasteiger partial charge is 0.252 e. The van der Waals surface area contributed by atoms with Crippen molar-refractivity contribution in [1.29, 1.82) is 0 Å². The first-order valence-electron chi connectivity index (χ1n) is 6.12. The maximum absolute atomic E-state index is 13.5. The number of primary sulfonamides is 1. The number of carbonyl (C=O) groups excluding carboxylic acids is 1. The number of halogens is 2. The normalized spacial score (nSPS) is 16.4. The molecule has 0 heterocycles. The standard InChI is InChI=1S/C12H14BrFN2O3S/c13-11-9(12(17)16-8-3-1-2-4-8)5-7(14)6-10(11)20(15,18)19/h5-6,8H,1-4H2,(H,16,17)(H2,15,18,19). The number of sulfonamides is 1. The molecule has 0 saturated heterocycles. The quantitative estimate of drug-likeness (QED) is 0.858. The van der Waals surface area contributed by atoms with Gasteiger partial charge in [0.15, 0.2) is 0 Å². The van der Waals surface area contributed by atoms with Crippen molar-refractivity contribution in [2.45, 2.75) is 36.6 Å². The number of hydrogen-bond donors (Lipinski definition) is 2.